The molecular formula is C17H14F2N2O4. The number of ether oxygens (including phenoxy) is 2. The SMILES string of the molecule is O=C(NC[C@@H]1COc2ccccc2O1)NC(=O)c1c(F)cccc1F. The average molecular weight is 348 g/mol. The van der Waals surface area contributed by atoms with Crippen molar-refractivity contribution in [2.24, 2.45) is 0 Å². The molecular weight excluding hydrogens is 334 g/mol. The van der Waals surface area contributed by atoms with Gasteiger partial charge in [-0.15, -0.1) is 0 Å². The Hall–Kier alpha value is -3.16. The van der Waals surface area contributed by atoms with E-state index in [2.05, 4.69) is 5.32 Å². The van der Waals surface area contributed by atoms with Crippen LogP contribution in [0.1, 0.15) is 10.4 Å². The maximum Gasteiger partial charge on any atom is 0.321 e. The molecule has 3 amide bonds. The van der Waals surface area contributed by atoms with Crippen molar-refractivity contribution in [1.29, 1.82) is 0 Å². The second kappa shape index (κ2) is 7.16. The number of amides is 3. The van der Waals surface area contributed by atoms with Crippen LogP contribution in [-0.2, 0) is 0 Å². The van der Waals surface area contributed by atoms with Gasteiger partial charge in [-0.25, -0.2) is 13.6 Å². The van der Waals surface area contributed by atoms with Gasteiger partial charge in [0.1, 0.15) is 23.8 Å². The van der Waals surface area contributed by atoms with Crippen molar-refractivity contribution in [2.75, 3.05) is 13.2 Å². The average Bonchev–Trinajstić information content (AvgIpc) is 2.59. The summed E-state index contributed by atoms with van der Waals surface area (Å²) in [5, 5.41) is 4.27. The number of para-hydroxylation sites is 2. The quantitative estimate of drug-likeness (QED) is 0.892. The van der Waals surface area contributed by atoms with Gasteiger partial charge in [0.25, 0.3) is 5.91 Å². The van der Waals surface area contributed by atoms with E-state index in [0.717, 1.165) is 18.2 Å². The summed E-state index contributed by atoms with van der Waals surface area (Å²) < 4.78 is 38.1. The summed E-state index contributed by atoms with van der Waals surface area (Å²) in [5.41, 5.74) is -0.816. The number of urea groups is 1. The summed E-state index contributed by atoms with van der Waals surface area (Å²) in [4.78, 5) is 23.6. The van der Waals surface area contributed by atoms with Crippen molar-refractivity contribution < 1.29 is 27.8 Å². The summed E-state index contributed by atoms with van der Waals surface area (Å²) in [6.07, 6.45) is -0.457. The van der Waals surface area contributed by atoms with Crippen LogP contribution >= 0.6 is 0 Å². The third-order valence-electron chi connectivity index (χ3n) is 3.47. The van der Waals surface area contributed by atoms with E-state index in [-0.39, 0.29) is 13.2 Å². The number of hydrogen-bond acceptors (Lipinski definition) is 4. The van der Waals surface area contributed by atoms with Gasteiger partial charge in [-0.05, 0) is 24.3 Å². The van der Waals surface area contributed by atoms with E-state index in [1.54, 1.807) is 18.2 Å². The summed E-state index contributed by atoms with van der Waals surface area (Å²) >= 11 is 0. The number of rotatable bonds is 3. The molecule has 2 aromatic carbocycles. The molecule has 0 saturated heterocycles. The van der Waals surface area contributed by atoms with Crippen molar-refractivity contribution in [3.63, 3.8) is 0 Å². The monoisotopic (exact) mass is 348 g/mol. The van der Waals surface area contributed by atoms with Crippen molar-refractivity contribution in [1.82, 2.24) is 10.6 Å². The molecule has 6 nitrogen and oxygen atoms in total. The topological polar surface area (TPSA) is 76.7 Å². The lowest BCUT2D eigenvalue weighted by Crippen LogP contribution is -2.46. The smallest absolute Gasteiger partial charge is 0.321 e. The molecule has 1 aliphatic rings. The number of halogens is 2. The molecule has 2 N–H and O–H groups in total. The van der Waals surface area contributed by atoms with Gasteiger partial charge in [0.15, 0.2) is 17.6 Å². The maximum absolute atomic E-state index is 13.5. The minimum Gasteiger partial charge on any atom is -0.486 e. The van der Waals surface area contributed by atoms with Gasteiger partial charge in [-0.1, -0.05) is 18.2 Å². The first-order valence-corrected chi connectivity index (χ1v) is 7.46. The third kappa shape index (κ3) is 3.85. The van der Waals surface area contributed by atoms with Crippen molar-refractivity contribution in [2.45, 2.75) is 6.10 Å². The fourth-order valence-corrected chi connectivity index (χ4v) is 2.29. The van der Waals surface area contributed by atoms with Gasteiger partial charge >= 0.3 is 6.03 Å². The van der Waals surface area contributed by atoms with Gasteiger partial charge in [-0.3, -0.25) is 10.1 Å². The molecule has 0 unspecified atom stereocenters. The summed E-state index contributed by atoms with van der Waals surface area (Å²) in [5.74, 6) is -2.12. The molecule has 130 valence electrons. The van der Waals surface area contributed by atoms with E-state index in [9.17, 15) is 18.4 Å². The predicted octanol–water partition coefficient (Wildman–Crippen LogP) is 2.24. The van der Waals surface area contributed by atoms with Crippen LogP contribution in [0.4, 0.5) is 13.6 Å². The van der Waals surface area contributed by atoms with E-state index >= 15 is 0 Å². The maximum atomic E-state index is 13.5. The van der Waals surface area contributed by atoms with Crippen molar-refractivity contribution >= 4 is 11.9 Å². The Morgan fingerprint density at radius 1 is 1.04 bits per heavy atom. The first-order valence-electron chi connectivity index (χ1n) is 7.46. The Bertz CT molecular complexity index is 793. The molecule has 0 saturated carbocycles. The predicted molar refractivity (Wildman–Crippen MR) is 83.6 cm³/mol. The van der Waals surface area contributed by atoms with Gasteiger partial charge in [0.05, 0.1) is 6.54 Å². The van der Waals surface area contributed by atoms with E-state index in [1.165, 1.54) is 0 Å². The highest BCUT2D eigenvalue weighted by Gasteiger charge is 2.23. The molecule has 0 aromatic heterocycles. The van der Waals surface area contributed by atoms with E-state index < -0.39 is 35.2 Å². The Kier molecular flexibility index (Phi) is 4.78. The van der Waals surface area contributed by atoms with E-state index in [1.807, 2.05) is 11.4 Å². The number of carbonyl (C=O) groups excluding carboxylic acids is 2. The molecule has 0 aliphatic carbocycles. The van der Waals surface area contributed by atoms with Crippen LogP contribution in [0.25, 0.3) is 0 Å². The fraction of sp³-hybridized carbons (Fsp3) is 0.176. The molecule has 25 heavy (non-hydrogen) atoms. The molecule has 0 spiro atoms. The highest BCUT2D eigenvalue weighted by atomic mass is 19.1. The lowest BCUT2D eigenvalue weighted by Gasteiger charge is -2.26. The Morgan fingerprint density at radius 3 is 2.44 bits per heavy atom. The minimum atomic E-state index is -1.17. The normalized spacial score (nSPS) is 15.4. The minimum absolute atomic E-state index is 0.0488. The first kappa shape index (κ1) is 16.7. The standard InChI is InChI=1S/C17H14F2N2O4/c18-11-4-3-5-12(19)15(11)16(22)21-17(23)20-8-10-9-24-13-6-1-2-7-14(13)25-10/h1-7,10H,8-9H2,(H2,20,21,22,23)/t10-/m1/s1. The number of hydrogen-bond donors (Lipinski definition) is 2. The molecule has 0 bridgehead atoms. The van der Waals surface area contributed by atoms with Gasteiger partial charge in [0.2, 0.25) is 0 Å². The highest BCUT2D eigenvalue weighted by molar-refractivity contribution is 6.04. The zero-order valence-electron chi connectivity index (χ0n) is 12.9. The lowest BCUT2D eigenvalue weighted by atomic mass is 10.2. The molecule has 1 aliphatic heterocycles. The molecule has 0 radical (unpaired) electrons. The van der Waals surface area contributed by atoms with Crippen LogP contribution in [0.3, 0.4) is 0 Å². The second-order valence-electron chi connectivity index (χ2n) is 5.26. The molecule has 3 rings (SSSR count). The van der Waals surface area contributed by atoms with Crippen LogP contribution in [-0.4, -0.2) is 31.2 Å². The summed E-state index contributed by atoms with van der Waals surface area (Å²) in [7, 11) is 0. The third-order valence-corrected chi connectivity index (χ3v) is 3.47. The van der Waals surface area contributed by atoms with Crippen LogP contribution in [0.15, 0.2) is 42.5 Å². The van der Waals surface area contributed by atoms with Gasteiger partial charge in [0, 0.05) is 0 Å². The van der Waals surface area contributed by atoms with Gasteiger partial charge < -0.3 is 14.8 Å². The highest BCUT2D eigenvalue weighted by Crippen LogP contribution is 2.30. The van der Waals surface area contributed by atoms with Gasteiger partial charge in [-0.2, -0.15) is 0 Å². The largest absolute Gasteiger partial charge is 0.486 e. The number of carbonyl (C=O) groups is 2. The Labute approximate surface area is 141 Å². The van der Waals surface area contributed by atoms with E-state index in [0.29, 0.717) is 11.5 Å². The van der Waals surface area contributed by atoms with E-state index in [4.69, 9.17) is 9.47 Å². The number of nitrogens with one attached hydrogen (secondary N) is 2. The molecule has 0 fully saturated rings. The zero-order chi connectivity index (χ0) is 17.8. The lowest BCUT2D eigenvalue weighted by molar-refractivity contribution is 0.0898. The summed E-state index contributed by atoms with van der Waals surface area (Å²) in [6, 6.07) is 9.17. The molecule has 1 atom stereocenters. The summed E-state index contributed by atoms with van der Waals surface area (Å²) in [6.45, 7) is 0.264. The first-order chi connectivity index (χ1) is 12.0. The fourth-order valence-electron chi connectivity index (χ4n) is 2.29. The van der Waals surface area contributed by atoms with Crippen LogP contribution < -0.4 is 20.1 Å². The number of imide groups is 1. The molecule has 8 heteroatoms. The van der Waals surface area contributed by atoms with Crippen molar-refractivity contribution in [3.05, 3.63) is 59.7 Å². The van der Waals surface area contributed by atoms with Crippen LogP contribution in [0, 0.1) is 11.6 Å². The molecule has 1 heterocycles. The Balaban J connectivity index is 1.53. The molecule has 2 aromatic rings. The number of fused-ring (bicyclic) bond motifs is 1. The van der Waals surface area contributed by atoms with Crippen molar-refractivity contribution in [3.8, 4) is 11.5 Å². The van der Waals surface area contributed by atoms with Crippen LogP contribution in [0.5, 0.6) is 11.5 Å². The number of benzene rings is 2. The zero-order valence-corrected chi connectivity index (χ0v) is 12.9. The Morgan fingerprint density at radius 2 is 1.72 bits per heavy atom. The van der Waals surface area contributed by atoms with Crippen LogP contribution in [0.2, 0.25) is 0 Å². The second-order valence-corrected chi connectivity index (χ2v) is 5.26.